The Labute approximate surface area is 85.4 Å². The fourth-order valence-corrected chi connectivity index (χ4v) is 5.45. The van der Waals surface area contributed by atoms with E-state index in [4.69, 9.17) is 0 Å². The van der Waals surface area contributed by atoms with Gasteiger partial charge in [-0.2, -0.15) is 0 Å². The molecule has 0 bridgehead atoms. The van der Waals surface area contributed by atoms with E-state index in [-0.39, 0.29) is 18.2 Å². The Bertz CT molecular complexity index is 128. The number of hydrogen-bond acceptors (Lipinski definition) is 0. The lowest BCUT2D eigenvalue weighted by molar-refractivity contribution is 0.380. The Morgan fingerprint density at radius 1 is 1.36 bits per heavy atom. The van der Waals surface area contributed by atoms with Crippen LogP contribution in [0.3, 0.4) is 0 Å². The van der Waals surface area contributed by atoms with Crippen LogP contribution in [0.5, 0.6) is 0 Å². The Kier molecular flexibility index (Phi) is 4.47. The van der Waals surface area contributed by atoms with E-state index in [1.165, 1.54) is 38.5 Å². The molecule has 60 valence electrons. The van der Waals surface area contributed by atoms with Crippen molar-refractivity contribution in [3.63, 3.8) is 0 Å². The second-order valence-electron chi connectivity index (χ2n) is 3.69. The molecule has 0 aromatic carbocycles. The van der Waals surface area contributed by atoms with Crippen molar-refractivity contribution in [1.29, 1.82) is 0 Å². The smallest absolute Gasteiger partial charge is 0.306 e. The maximum atomic E-state index is 3.85. The molecule has 1 rings (SSSR count). The molecule has 0 N–H and O–H groups in total. The summed E-state index contributed by atoms with van der Waals surface area (Å²) in [4.78, 5) is 0. The molecule has 1 saturated carbocycles. The van der Waals surface area contributed by atoms with Crippen molar-refractivity contribution in [2.24, 2.45) is 0 Å². The summed E-state index contributed by atoms with van der Waals surface area (Å²) in [6.07, 6.45) is 10.6. The van der Waals surface area contributed by atoms with Gasteiger partial charge in [0.25, 0.3) is 0 Å². The highest BCUT2D eigenvalue weighted by Crippen LogP contribution is 2.46. The molecule has 0 nitrogen and oxygen atoms in total. The average Bonchev–Trinajstić information content (AvgIpc) is 2.07. The molecular weight excluding hydrogens is 212 g/mol. The van der Waals surface area contributed by atoms with Crippen LogP contribution in [0, 0.1) is 0 Å². The molecule has 1 aliphatic rings. The van der Waals surface area contributed by atoms with Crippen LogP contribution in [0.15, 0.2) is 12.7 Å². The third-order valence-electron chi connectivity index (χ3n) is 2.78. The van der Waals surface area contributed by atoms with Gasteiger partial charge in [0.05, 0.1) is 0 Å². The van der Waals surface area contributed by atoms with E-state index in [9.17, 15) is 0 Å². The lowest BCUT2D eigenvalue weighted by atomic mass is 9.85. The molecule has 1 aliphatic carbocycles. The minimum absolute atomic E-state index is 0.00838. The van der Waals surface area contributed by atoms with Crippen molar-refractivity contribution in [2.45, 2.75) is 42.1 Å². The lowest BCUT2D eigenvalue weighted by Gasteiger charge is -2.35. The van der Waals surface area contributed by atoms with Crippen molar-refractivity contribution in [2.75, 3.05) is 0 Å². The van der Waals surface area contributed by atoms with Gasteiger partial charge >= 0.3 is 18.2 Å². The number of halogens is 1. The van der Waals surface area contributed by atoms with Crippen molar-refractivity contribution >= 4 is 31.1 Å². The standard InChI is InChI=1S/C9H15.BrH.Mg/c1-2-6-9-7-4-3-5-8-9;;/h2H,1,3-8H2;1H;/q;;+1/p-1. The van der Waals surface area contributed by atoms with E-state index >= 15 is 0 Å². The zero-order valence-electron chi connectivity index (χ0n) is 7.11. The van der Waals surface area contributed by atoms with Crippen LogP contribution in [0.1, 0.15) is 38.5 Å². The first-order chi connectivity index (χ1) is 5.33. The first kappa shape index (κ1) is 10.1. The largest absolute Gasteiger partial charge is 0.475 e. The van der Waals surface area contributed by atoms with Gasteiger partial charge in [-0.1, -0.05) is 44.6 Å². The van der Waals surface area contributed by atoms with Gasteiger partial charge in [0.2, 0.25) is 0 Å². The van der Waals surface area contributed by atoms with E-state index in [2.05, 4.69) is 25.5 Å². The Hall–Kier alpha value is 0.986. The summed E-state index contributed by atoms with van der Waals surface area (Å²) in [6.45, 7) is 3.85. The SMILES string of the molecule is C=CC[C]1([Mg][Br])CCCCC1. The molecule has 0 unspecified atom stereocenters. The van der Waals surface area contributed by atoms with Crippen molar-refractivity contribution in [3.05, 3.63) is 12.7 Å². The highest BCUT2D eigenvalue weighted by Gasteiger charge is 2.30. The van der Waals surface area contributed by atoms with Gasteiger partial charge in [-0.15, -0.1) is 10.1 Å². The molecule has 0 aliphatic heterocycles. The van der Waals surface area contributed by atoms with Crippen LogP contribution >= 0.6 is 12.9 Å². The molecule has 0 atom stereocenters. The summed E-state index contributed by atoms with van der Waals surface area (Å²) < 4.78 is 0.708. The second kappa shape index (κ2) is 4.88. The van der Waals surface area contributed by atoms with Crippen LogP contribution in [-0.4, -0.2) is 18.2 Å². The summed E-state index contributed by atoms with van der Waals surface area (Å²) in [5.41, 5.74) is 0. The minimum Gasteiger partial charge on any atom is -0.306 e. The predicted octanol–water partition coefficient (Wildman–Crippen LogP) is 3.70. The van der Waals surface area contributed by atoms with Crippen molar-refractivity contribution < 1.29 is 0 Å². The van der Waals surface area contributed by atoms with Crippen LogP contribution in [0.4, 0.5) is 0 Å². The molecule has 0 amide bonds. The topological polar surface area (TPSA) is 0 Å². The minimum atomic E-state index is -0.00838. The van der Waals surface area contributed by atoms with Gasteiger partial charge < -0.3 is 12.9 Å². The Balaban J connectivity index is 2.49. The normalized spacial score (nSPS) is 22.3. The monoisotopic (exact) mass is 226 g/mol. The second-order valence-corrected chi connectivity index (χ2v) is 7.14. The fraction of sp³-hybridized carbons (Fsp3) is 0.778. The predicted molar refractivity (Wildman–Crippen MR) is 55.3 cm³/mol. The molecular formula is C9H15BrMg. The van der Waals surface area contributed by atoms with Crippen LogP contribution in [-0.2, 0) is 0 Å². The van der Waals surface area contributed by atoms with Crippen LogP contribution in [0.2, 0.25) is 3.54 Å². The van der Waals surface area contributed by atoms with Gasteiger partial charge in [-0.05, 0) is 0 Å². The van der Waals surface area contributed by atoms with Gasteiger partial charge in [0, 0.05) is 0 Å². The van der Waals surface area contributed by atoms with Gasteiger partial charge in [-0.25, -0.2) is 0 Å². The fourth-order valence-electron chi connectivity index (χ4n) is 2.00. The van der Waals surface area contributed by atoms with E-state index in [0.717, 1.165) is 0 Å². The van der Waals surface area contributed by atoms with Gasteiger partial charge in [0.15, 0.2) is 0 Å². The molecule has 0 aromatic rings. The van der Waals surface area contributed by atoms with Crippen LogP contribution in [0.25, 0.3) is 0 Å². The highest BCUT2D eigenvalue weighted by atomic mass is 79.9. The summed E-state index contributed by atoms with van der Waals surface area (Å²) in [6, 6.07) is 0. The summed E-state index contributed by atoms with van der Waals surface area (Å²) in [7, 11) is 0. The molecule has 0 heterocycles. The highest BCUT2D eigenvalue weighted by molar-refractivity contribution is 9.23. The van der Waals surface area contributed by atoms with Gasteiger partial charge in [0.1, 0.15) is 0 Å². The van der Waals surface area contributed by atoms with E-state index in [0.29, 0.717) is 3.54 Å². The maximum Gasteiger partial charge on any atom is 0.475 e. The first-order valence-corrected chi connectivity index (χ1v) is 9.10. The molecule has 11 heavy (non-hydrogen) atoms. The maximum absolute atomic E-state index is 3.85. The average molecular weight is 227 g/mol. The number of rotatable bonds is 3. The van der Waals surface area contributed by atoms with Crippen molar-refractivity contribution in [3.8, 4) is 0 Å². The molecule has 0 aromatic heterocycles. The number of allylic oxidation sites excluding steroid dienone is 1. The Morgan fingerprint density at radius 3 is 2.45 bits per heavy atom. The number of hydrogen-bond donors (Lipinski definition) is 0. The molecule has 2 heteroatoms. The van der Waals surface area contributed by atoms with E-state index < -0.39 is 0 Å². The van der Waals surface area contributed by atoms with Crippen LogP contribution < -0.4 is 0 Å². The quantitative estimate of drug-likeness (QED) is 0.509. The van der Waals surface area contributed by atoms with E-state index in [1.807, 2.05) is 0 Å². The molecule has 0 spiro atoms. The van der Waals surface area contributed by atoms with Crippen molar-refractivity contribution in [1.82, 2.24) is 0 Å². The lowest BCUT2D eigenvalue weighted by Crippen LogP contribution is -2.19. The molecule has 0 saturated heterocycles. The first-order valence-electron chi connectivity index (χ1n) is 4.50. The third kappa shape index (κ3) is 2.74. The summed E-state index contributed by atoms with van der Waals surface area (Å²) in [5, 5.41) is 0. The summed E-state index contributed by atoms with van der Waals surface area (Å²) in [5.74, 6) is 0. The van der Waals surface area contributed by atoms with Gasteiger partial charge in [-0.3, -0.25) is 0 Å². The Morgan fingerprint density at radius 2 is 2.00 bits per heavy atom. The summed E-state index contributed by atoms with van der Waals surface area (Å²) >= 11 is 3.75. The third-order valence-corrected chi connectivity index (χ3v) is 7.91. The zero-order chi connectivity index (χ0) is 8.16. The zero-order valence-corrected chi connectivity index (χ0v) is 10.1. The van der Waals surface area contributed by atoms with E-state index in [1.54, 1.807) is 0 Å². The molecule has 0 radical (unpaired) electrons. The molecule has 1 fully saturated rings.